The molecule has 0 aromatic heterocycles. The van der Waals surface area contributed by atoms with E-state index in [1.807, 2.05) is 0 Å². The van der Waals surface area contributed by atoms with E-state index in [9.17, 15) is 9.90 Å². The molecule has 0 aliphatic heterocycles. The van der Waals surface area contributed by atoms with Crippen molar-refractivity contribution in [1.29, 1.82) is 0 Å². The number of carbonyl (C=O) groups excluding carboxylic acids is 1. The summed E-state index contributed by atoms with van der Waals surface area (Å²) in [6, 6.07) is 4.96. The Labute approximate surface area is 147 Å². The van der Waals surface area contributed by atoms with Crippen molar-refractivity contribution in [3.05, 3.63) is 29.3 Å². The molecule has 136 valence electrons. The Morgan fingerprint density at radius 1 is 0.917 bits per heavy atom. The predicted octanol–water partition coefficient (Wildman–Crippen LogP) is 6.03. The van der Waals surface area contributed by atoms with Crippen LogP contribution >= 0.6 is 0 Å². The molecule has 0 bridgehead atoms. The van der Waals surface area contributed by atoms with Gasteiger partial charge in [0.05, 0.1) is 12.2 Å². The summed E-state index contributed by atoms with van der Waals surface area (Å²) in [6.45, 7) is 4.87. The van der Waals surface area contributed by atoms with Gasteiger partial charge in [0.25, 0.3) is 0 Å². The molecule has 0 fully saturated rings. The monoisotopic (exact) mass is 334 g/mol. The van der Waals surface area contributed by atoms with Crippen LogP contribution in [0.3, 0.4) is 0 Å². The predicted molar refractivity (Wildman–Crippen MR) is 99.6 cm³/mol. The van der Waals surface area contributed by atoms with Crippen LogP contribution in [0.1, 0.15) is 94.0 Å². The Morgan fingerprint density at radius 2 is 1.54 bits per heavy atom. The smallest absolute Gasteiger partial charge is 0.338 e. The number of aromatic hydroxyl groups is 1. The van der Waals surface area contributed by atoms with Crippen molar-refractivity contribution >= 4 is 5.97 Å². The normalized spacial score (nSPS) is 10.8. The largest absolute Gasteiger partial charge is 0.508 e. The number of hydrogen-bond donors (Lipinski definition) is 1. The molecular weight excluding hydrogens is 300 g/mol. The Balaban J connectivity index is 2.45. The molecule has 0 spiro atoms. The molecule has 0 atom stereocenters. The second-order valence-corrected chi connectivity index (χ2v) is 6.56. The van der Waals surface area contributed by atoms with E-state index in [1.165, 1.54) is 38.5 Å². The first kappa shape index (κ1) is 20.5. The molecule has 0 saturated heterocycles. The van der Waals surface area contributed by atoms with Gasteiger partial charge in [-0.1, -0.05) is 65.2 Å². The number of carbonyl (C=O) groups is 1. The highest BCUT2D eigenvalue weighted by Crippen LogP contribution is 2.20. The third-order valence-electron chi connectivity index (χ3n) is 4.34. The Kier molecular flexibility index (Phi) is 11.0. The minimum Gasteiger partial charge on any atom is -0.508 e. The van der Waals surface area contributed by atoms with Crippen molar-refractivity contribution in [2.24, 2.45) is 0 Å². The lowest BCUT2D eigenvalue weighted by Crippen LogP contribution is -2.09. The van der Waals surface area contributed by atoms with Crippen molar-refractivity contribution in [3.63, 3.8) is 0 Å². The Bertz CT molecular complexity index is 468. The van der Waals surface area contributed by atoms with Crippen molar-refractivity contribution in [1.82, 2.24) is 0 Å². The fraction of sp³-hybridized carbons (Fsp3) is 0.667. The van der Waals surface area contributed by atoms with Gasteiger partial charge in [0.1, 0.15) is 5.75 Å². The SMILES string of the molecule is CCCCCCCOC(=O)c1ccc(O)cc1CCCCCCC. The van der Waals surface area contributed by atoms with Crippen molar-refractivity contribution in [2.45, 2.75) is 84.5 Å². The summed E-state index contributed by atoms with van der Waals surface area (Å²) in [5.74, 6) is -0.0382. The molecule has 1 rings (SSSR count). The summed E-state index contributed by atoms with van der Waals surface area (Å²) < 4.78 is 5.41. The van der Waals surface area contributed by atoms with Crippen LogP contribution in [0.15, 0.2) is 18.2 Å². The van der Waals surface area contributed by atoms with Crippen molar-refractivity contribution < 1.29 is 14.6 Å². The van der Waals surface area contributed by atoms with E-state index in [1.54, 1.807) is 18.2 Å². The zero-order valence-corrected chi connectivity index (χ0v) is 15.5. The Hall–Kier alpha value is -1.51. The molecule has 24 heavy (non-hydrogen) atoms. The average Bonchev–Trinajstić information content (AvgIpc) is 2.57. The van der Waals surface area contributed by atoms with Gasteiger partial charge in [-0.2, -0.15) is 0 Å². The maximum absolute atomic E-state index is 12.3. The molecule has 1 aromatic rings. The maximum Gasteiger partial charge on any atom is 0.338 e. The highest BCUT2D eigenvalue weighted by Gasteiger charge is 2.13. The standard InChI is InChI=1S/C21H34O3/c1-3-5-7-9-11-13-18-17-19(22)14-15-20(18)21(23)24-16-12-10-8-6-4-2/h14-15,17,22H,3-13,16H2,1-2H3. The highest BCUT2D eigenvalue weighted by molar-refractivity contribution is 5.91. The van der Waals surface area contributed by atoms with Crippen LogP contribution < -0.4 is 0 Å². The summed E-state index contributed by atoms with van der Waals surface area (Å²) in [4.78, 5) is 12.3. The van der Waals surface area contributed by atoms with Gasteiger partial charge in [0.2, 0.25) is 0 Å². The van der Waals surface area contributed by atoms with Gasteiger partial charge in [-0.05, 0) is 43.0 Å². The van der Waals surface area contributed by atoms with Crippen LogP contribution in [0.5, 0.6) is 5.75 Å². The molecule has 0 radical (unpaired) electrons. The summed E-state index contributed by atoms with van der Waals surface area (Å²) in [7, 11) is 0. The van der Waals surface area contributed by atoms with Crippen molar-refractivity contribution in [3.8, 4) is 5.75 Å². The number of esters is 1. The first-order chi connectivity index (χ1) is 11.7. The molecule has 1 N–H and O–H groups in total. The summed E-state index contributed by atoms with van der Waals surface area (Å²) in [5.41, 5.74) is 1.51. The second-order valence-electron chi connectivity index (χ2n) is 6.56. The first-order valence-corrected chi connectivity index (χ1v) is 9.68. The minimum absolute atomic E-state index is 0.217. The van der Waals surface area contributed by atoms with Gasteiger partial charge in [-0.25, -0.2) is 4.79 Å². The van der Waals surface area contributed by atoms with Crippen LogP contribution in [-0.2, 0) is 11.2 Å². The fourth-order valence-electron chi connectivity index (χ4n) is 2.85. The molecule has 0 aliphatic rings. The van der Waals surface area contributed by atoms with Crippen LogP contribution in [0.4, 0.5) is 0 Å². The van der Waals surface area contributed by atoms with E-state index in [0.717, 1.165) is 37.7 Å². The van der Waals surface area contributed by atoms with E-state index in [-0.39, 0.29) is 11.7 Å². The molecule has 0 unspecified atom stereocenters. The number of phenols is 1. The molecule has 3 nitrogen and oxygen atoms in total. The molecule has 0 saturated carbocycles. The van der Waals surface area contributed by atoms with Gasteiger partial charge in [-0.15, -0.1) is 0 Å². The van der Waals surface area contributed by atoms with E-state index in [4.69, 9.17) is 4.74 Å². The first-order valence-electron chi connectivity index (χ1n) is 9.68. The fourth-order valence-corrected chi connectivity index (χ4v) is 2.85. The lowest BCUT2D eigenvalue weighted by molar-refractivity contribution is 0.0496. The summed E-state index contributed by atoms with van der Waals surface area (Å²) >= 11 is 0. The van der Waals surface area contributed by atoms with E-state index < -0.39 is 0 Å². The third kappa shape index (κ3) is 8.37. The lowest BCUT2D eigenvalue weighted by Gasteiger charge is -2.10. The van der Waals surface area contributed by atoms with Gasteiger partial charge >= 0.3 is 5.97 Å². The van der Waals surface area contributed by atoms with E-state index in [2.05, 4.69) is 13.8 Å². The third-order valence-corrected chi connectivity index (χ3v) is 4.34. The number of unbranched alkanes of at least 4 members (excludes halogenated alkanes) is 8. The van der Waals surface area contributed by atoms with Crippen LogP contribution in [0.25, 0.3) is 0 Å². The van der Waals surface area contributed by atoms with Gasteiger partial charge in [0, 0.05) is 0 Å². The zero-order valence-electron chi connectivity index (χ0n) is 15.5. The van der Waals surface area contributed by atoms with E-state index >= 15 is 0 Å². The van der Waals surface area contributed by atoms with Crippen LogP contribution in [0, 0.1) is 0 Å². The second kappa shape index (κ2) is 12.9. The summed E-state index contributed by atoms with van der Waals surface area (Å²) in [6.07, 6.45) is 12.4. The van der Waals surface area contributed by atoms with Crippen molar-refractivity contribution in [2.75, 3.05) is 6.61 Å². The molecule has 3 heteroatoms. The van der Waals surface area contributed by atoms with Crippen LogP contribution in [-0.4, -0.2) is 17.7 Å². The van der Waals surface area contributed by atoms with Crippen LogP contribution in [0.2, 0.25) is 0 Å². The van der Waals surface area contributed by atoms with E-state index in [0.29, 0.717) is 12.2 Å². The molecule has 0 amide bonds. The molecule has 0 heterocycles. The number of benzene rings is 1. The van der Waals surface area contributed by atoms with Gasteiger partial charge in [-0.3, -0.25) is 0 Å². The van der Waals surface area contributed by atoms with Gasteiger partial charge < -0.3 is 9.84 Å². The lowest BCUT2D eigenvalue weighted by atomic mass is 10.00. The van der Waals surface area contributed by atoms with Gasteiger partial charge in [0.15, 0.2) is 0 Å². The Morgan fingerprint density at radius 3 is 2.21 bits per heavy atom. The average molecular weight is 335 g/mol. The molecular formula is C21H34O3. The maximum atomic E-state index is 12.3. The highest BCUT2D eigenvalue weighted by atomic mass is 16.5. The number of hydrogen-bond acceptors (Lipinski definition) is 3. The zero-order chi connectivity index (χ0) is 17.6. The number of rotatable bonds is 13. The quantitative estimate of drug-likeness (QED) is 0.354. The topological polar surface area (TPSA) is 46.5 Å². The summed E-state index contributed by atoms with van der Waals surface area (Å²) in [5, 5.41) is 9.70. The number of aryl methyl sites for hydroxylation is 1. The molecule has 1 aromatic carbocycles. The number of phenolic OH excluding ortho intramolecular Hbond substituents is 1. The molecule has 0 aliphatic carbocycles. The number of ether oxygens (including phenoxy) is 1. The minimum atomic E-state index is -0.256.